The van der Waals surface area contributed by atoms with Crippen molar-refractivity contribution in [1.29, 1.82) is 0 Å². The molecule has 0 spiro atoms. The van der Waals surface area contributed by atoms with Gasteiger partial charge in [-0.3, -0.25) is 4.79 Å². The highest BCUT2D eigenvalue weighted by molar-refractivity contribution is 7.72. The van der Waals surface area contributed by atoms with E-state index < -0.39 is 39.7 Å². The number of hydrogen-bond donors (Lipinski definition) is 3. The molecule has 1 amide bonds. The Kier molecular flexibility index (Phi) is 8.64. The second-order valence-corrected chi connectivity index (χ2v) is 20.3. The largest absolute Gasteiger partial charge is 0.412 e. The lowest BCUT2D eigenvalue weighted by atomic mass is 10.1. The lowest BCUT2D eigenvalue weighted by Crippen LogP contribution is -2.46. The van der Waals surface area contributed by atoms with Crippen molar-refractivity contribution in [2.75, 3.05) is 26.1 Å². The predicted octanol–water partition coefficient (Wildman–Crippen LogP) is 2.76. The SMILES string of the molecule is C=C1N=C(NC(C)=O)C(CO[Si](C)(C)C(C)(C)C)=CN1[C@@H]1O[C@H](CCP(=C)(C)C)[C@@H](O)[C@H]1O. The standard InChI is InChI=1S/C23H42N3O5PSi/c1-15-24-21(25-16(2)27)17(14-30-33(9,10)23(3,4)5)13-26(15)22-20(29)19(28)18(31-22)11-12-32(6,7)8/h13,18-20,22,28-29H,1,6,11-12,14H2,2-5,7-10H3,(H,24,25,27)/t18-,19-,20-,22-/m1/s1. The summed E-state index contributed by atoms with van der Waals surface area (Å²) in [7, 11) is -2.07. The van der Waals surface area contributed by atoms with Crippen molar-refractivity contribution >= 4 is 33.2 Å². The summed E-state index contributed by atoms with van der Waals surface area (Å²) in [4.78, 5) is 17.8. The van der Waals surface area contributed by atoms with Gasteiger partial charge in [0.2, 0.25) is 5.91 Å². The van der Waals surface area contributed by atoms with Crippen LogP contribution >= 0.6 is 6.89 Å². The average Bonchev–Trinajstić information content (AvgIpc) is 2.92. The lowest BCUT2D eigenvalue weighted by molar-refractivity contribution is -0.117. The summed E-state index contributed by atoms with van der Waals surface area (Å²) in [6.45, 7) is 19.4. The molecule has 0 aliphatic carbocycles. The van der Waals surface area contributed by atoms with E-state index in [9.17, 15) is 15.0 Å². The minimum absolute atomic E-state index is 0.0173. The summed E-state index contributed by atoms with van der Waals surface area (Å²) in [6.07, 6.45) is 3.93. The summed E-state index contributed by atoms with van der Waals surface area (Å²) in [5, 5.41) is 24.1. The molecular formula is C23H42N3O5PSi. The molecule has 33 heavy (non-hydrogen) atoms. The maximum Gasteiger partial charge on any atom is 0.222 e. The highest BCUT2D eigenvalue weighted by atomic mass is 31.2. The first-order valence-corrected chi connectivity index (χ1v) is 17.3. The van der Waals surface area contributed by atoms with Crippen LogP contribution in [0.4, 0.5) is 0 Å². The van der Waals surface area contributed by atoms with Crippen LogP contribution in [0.15, 0.2) is 29.2 Å². The normalized spacial score (nSPS) is 26.8. The zero-order valence-corrected chi connectivity index (χ0v) is 23.3. The van der Waals surface area contributed by atoms with Gasteiger partial charge < -0.3 is 29.6 Å². The number of nitrogens with zero attached hydrogens (tertiary/aromatic N) is 2. The van der Waals surface area contributed by atoms with Gasteiger partial charge in [0.1, 0.15) is 23.9 Å². The summed E-state index contributed by atoms with van der Waals surface area (Å²) < 4.78 is 12.4. The van der Waals surface area contributed by atoms with E-state index in [1.165, 1.54) is 6.92 Å². The molecule has 3 N–H and O–H groups in total. The molecule has 0 unspecified atom stereocenters. The molecule has 4 atom stereocenters. The molecule has 188 valence electrons. The number of nitrogens with one attached hydrogen (secondary N) is 1. The molecule has 0 radical (unpaired) electrons. The van der Waals surface area contributed by atoms with Crippen LogP contribution in [0.3, 0.4) is 0 Å². The van der Waals surface area contributed by atoms with Gasteiger partial charge in [0.05, 0.1) is 12.7 Å². The fraction of sp³-hybridized carbons (Fsp3) is 0.696. The monoisotopic (exact) mass is 499 g/mol. The Bertz CT molecular complexity index is 874. The van der Waals surface area contributed by atoms with Crippen LogP contribution in [0, 0.1) is 0 Å². The lowest BCUT2D eigenvalue weighted by Gasteiger charge is -2.37. The Labute approximate surface area is 199 Å². The molecule has 0 aromatic carbocycles. The molecule has 2 aliphatic heterocycles. The van der Waals surface area contributed by atoms with Gasteiger partial charge in [0.15, 0.2) is 14.5 Å². The molecular weight excluding hydrogens is 457 g/mol. The molecule has 1 saturated heterocycles. The van der Waals surface area contributed by atoms with Crippen molar-refractivity contribution in [3.05, 3.63) is 24.2 Å². The average molecular weight is 500 g/mol. The van der Waals surface area contributed by atoms with E-state index in [-0.39, 0.29) is 17.6 Å². The van der Waals surface area contributed by atoms with Gasteiger partial charge in [-0.05, 0) is 44.0 Å². The van der Waals surface area contributed by atoms with E-state index in [0.717, 1.165) is 6.16 Å². The Morgan fingerprint density at radius 2 is 1.94 bits per heavy atom. The first-order valence-electron chi connectivity index (χ1n) is 11.3. The van der Waals surface area contributed by atoms with E-state index in [1.807, 2.05) is 0 Å². The number of aliphatic hydroxyl groups excluding tert-OH is 2. The zero-order valence-electron chi connectivity index (χ0n) is 21.4. The van der Waals surface area contributed by atoms with E-state index in [4.69, 9.17) is 9.16 Å². The number of amides is 1. The first-order chi connectivity index (χ1) is 14.9. The summed E-state index contributed by atoms with van der Waals surface area (Å²) in [5.41, 5.74) is 0.654. The number of amidine groups is 1. The number of ether oxygens (including phenoxy) is 1. The quantitative estimate of drug-likeness (QED) is 0.368. The molecule has 0 bridgehead atoms. The first kappa shape index (κ1) is 28.0. The van der Waals surface area contributed by atoms with Gasteiger partial charge in [-0.25, -0.2) is 4.99 Å². The van der Waals surface area contributed by atoms with Crippen LogP contribution in [-0.2, 0) is 14.0 Å². The number of aliphatic imine (C=N–C) groups is 1. The molecule has 0 aromatic rings. The van der Waals surface area contributed by atoms with Crippen molar-refractivity contribution in [1.82, 2.24) is 10.2 Å². The van der Waals surface area contributed by atoms with Gasteiger partial charge >= 0.3 is 0 Å². The van der Waals surface area contributed by atoms with E-state index in [1.54, 1.807) is 11.1 Å². The fourth-order valence-electron chi connectivity index (χ4n) is 3.31. The van der Waals surface area contributed by atoms with Crippen molar-refractivity contribution in [3.8, 4) is 0 Å². The van der Waals surface area contributed by atoms with Gasteiger partial charge in [0.25, 0.3) is 0 Å². The molecule has 8 nitrogen and oxygen atoms in total. The molecule has 1 fully saturated rings. The maximum absolute atomic E-state index is 11.8. The van der Waals surface area contributed by atoms with E-state index in [0.29, 0.717) is 23.7 Å². The molecule has 2 rings (SSSR count). The number of rotatable bonds is 7. The summed E-state index contributed by atoms with van der Waals surface area (Å²) >= 11 is 0. The van der Waals surface area contributed by atoms with Crippen LogP contribution in [0.25, 0.3) is 0 Å². The van der Waals surface area contributed by atoms with Gasteiger partial charge in [-0.2, -0.15) is 0 Å². The van der Waals surface area contributed by atoms with Crippen LogP contribution < -0.4 is 5.32 Å². The number of carbonyl (C=O) groups is 1. The summed E-state index contributed by atoms with van der Waals surface area (Å²) in [5.74, 6) is 0.423. The van der Waals surface area contributed by atoms with Gasteiger partial charge in [-0.1, -0.05) is 27.4 Å². The number of hydrogen-bond acceptors (Lipinski definition) is 7. The molecule has 0 aromatic heterocycles. The van der Waals surface area contributed by atoms with Crippen molar-refractivity contribution in [2.45, 2.75) is 76.8 Å². The second-order valence-electron chi connectivity index (χ2n) is 11.2. The Morgan fingerprint density at radius 3 is 2.45 bits per heavy atom. The number of aliphatic hydroxyl groups is 2. The highest BCUT2D eigenvalue weighted by Gasteiger charge is 2.46. The molecule has 2 heterocycles. The maximum atomic E-state index is 11.8. The van der Waals surface area contributed by atoms with Gasteiger partial charge in [0, 0.05) is 18.7 Å². The minimum atomic E-state index is -2.07. The smallest absolute Gasteiger partial charge is 0.222 e. The zero-order chi connectivity index (χ0) is 25.4. The van der Waals surface area contributed by atoms with Crippen LogP contribution in [0.1, 0.15) is 34.1 Å². The topological polar surface area (TPSA) is 104 Å². The second kappa shape index (κ2) is 10.2. The van der Waals surface area contributed by atoms with Crippen LogP contribution in [0.2, 0.25) is 18.1 Å². The van der Waals surface area contributed by atoms with E-state index >= 15 is 0 Å². The Hall–Kier alpha value is -1.22. The highest BCUT2D eigenvalue weighted by Crippen LogP contribution is 2.39. The molecule has 10 heteroatoms. The molecule has 2 aliphatic rings. The van der Waals surface area contributed by atoms with Crippen LogP contribution in [0.5, 0.6) is 0 Å². The Morgan fingerprint density at radius 1 is 1.33 bits per heavy atom. The third kappa shape index (κ3) is 7.13. The molecule has 0 saturated carbocycles. The fourth-order valence-corrected chi connectivity index (χ4v) is 5.21. The predicted molar refractivity (Wildman–Crippen MR) is 140 cm³/mol. The van der Waals surface area contributed by atoms with Gasteiger partial charge in [-0.15, -0.1) is 13.2 Å². The third-order valence-corrected chi connectivity index (χ3v) is 12.4. The Balaban J connectivity index is 2.27. The van der Waals surface area contributed by atoms with Crippen molar-refractivity contribution in [2.24, 2.45) is 4.99 Å². The van der Waals surface area contributed by atoms with E-state index in [2.05, 4.69) is 70.4 Å². The summed E-state index contributed by atoms with van der Waals surface area (Å²) in [6, 6.07) is 0. The van der Waals surface area contributed by atoms with Crippen molar-refractivity contribution in [3.63, 3.8) is 0 Å². The minimum Gasteiger partial charge on any atom is -0.412 e. The third-order valence-electron chi connectivity index (χ3n) is 6.46. The van der Waals surface area contributed by atoms with Crippen molar-refractivity contribution < 1.29 is 24.2 Å². The number of carbonyl (C=O) groups excluding carboxylic acids is 1. The van der Waals surface area contributed by atoms with Crippen LogP contribution in [-0.4, -0.2) is 92.1 Å².